The maximum atomic E-state index is 14.8. The summed E-state index contributed by atoms with van der Waals surface area (Å²) in [4.78, 5) is 40.5. The number of nitrogens with two attached hydrogens (primary N) is 1. The maximum Gasteiger partial charge on any atom is 0.251 e. The van der Waals surface area contributed by atoms with Crippen molar-refractivity contribution in [3.05, 3.63) is 81.9 Å². The summed E-state index contributed by atoms with van der Waals surface area (Å²) >= 11 is 1.66. The van der Waals surface area contributed by atoms with E-state index in [1.165, 1.54) is 17.0 Å². The number of ketones is 1. The number of nitrogens with one attached hydrogen (secondary N) is 1. The molecule has 5 rings (SSSR count). The number of aliphatic hydroxyl groups excluding tert-OH is 1. The van der Waals surface area contributed by atoms with Crippen molar-refractivity contribution in [1.82, 2.24) is 10.2 Å². The second-order valence-electron chi connectivity index (χ2n) is 10.4. The number of carbonyl (C=O) groups excluding carboxylic acids is 3. The number of rotatable bonds is 6. The number of hydrogen-bond acceptors (Lipinski definition) is 6. The predicted octanol–water partition coefficient (Wildman–Crippen LogP) is 4.16. The van der Waals surface area contributed by atoms with E-state index < -0.39 is 23.6 Å². The molecule has 3 aliphatic rings. The number of halogens is 1. The van der Waals surface area contributed by atoms with E-state index >= 15 is 0 Å². The van der Waals surface area contributed by atoms with E-state index in [2.05, 4.69) is 5.32 Å². The van der Waals surface area contributed by atoms with Crippen LogP contribution in [0, 0.1) is 18.7 Å². The zero-order valence-corrected chi connectivity index (χ0v) is 22.6. The number of allylic oxidation sites excluding steroid dienone is 1. The fraction of sp³-hybridized carbons (Fsp3) is 0.367. The Morgan fingerprint density at radius 3 is 2.69 bits per heavy atom. The summed E-state index contributed by atoms with van der Waals surface area (Å²) < 4.78 is 14.8. The first kappa shape index (κ1) is 27.1. The molecule has 0 spiro atoms. The van der Waals surface area contributed by atoms with E-state index in [1.54, 1.807) is 18.7 Å². The van der Waals surface area contributed by atoms with Gasteiger partial charge in [-0.3, -0.25) is 14.4 Å². The molecule has 2 atom stereocenters. The molecule has 2 heterocycles. The van der Waals surface area contributed by atoms with Crippen LogP contribution in [0.25, 0.3) is 6.08 Å². The third-order valence-electron chi connectivity index (χ3n) is 7.65. The molecule has 9 heteroatoms. The third-order valence-corrected chi connectivity index (χ3v) is 8.79. The highest BCUT2D eigenvalue weighted by molar-refractivity contribution is 7.98. The highest BCUT2D eigenvalue weighted by Crippen LogP contribution is 2.37. The minimum atomic E-state index is -0.782. The zero-order valence-electron chi connectivity index (χ0n) is 21.8. The van der Waals surface area contributed by atoms with Gasteiger partial charge >= 0.3 is 0 Å². The van der Waals surface area contributed by atoms with Gasteiger partial charge in [0.15, 0.2) is 5.76 Å². The Labute approximate surface area is 231 Å². The van der Waals surface area contributed by atoms with Gasteiger partial charge in [-0.1, -0.05) is 24.3 Å². The van der Waals surface area contributed by atoms with E-state index in [4.69, 9.17) is 5.73 Å². The van der Waals surface area contributed by atoms with E-state index in [1.807, 2.05) is 24.3 Å². The standard InChI is InChI=1S/C30H32FN3O4S/c1-17-23-16-39-27-5-3-2-4-19(27)12-22(23)18(13-24(17)31)6-10-25(35)26(36)14-29(37)34-15-20(7-11-28(34)32)30(38)33-21-8-9-21/h2-6,10,13-14,20-21,28,36H,7-9,11-12,15-16,32H2,1H3,(H,33,38)/b10-6+,26-14-/t20?,28-/m0/s1. The first-order chi connectivity index (χ1) is 18.7. The van der Waals surface area contributed by atoms with Crippen molar-refractivity contribution in [3.63, 3.8) is 0 Å². The SMILES string of the molecule is Cc1c(F)cc(/C=C/C(=O)/C(O)=C/C(=O)N2CC(C(=O)NC3CC3)CC[C@H]2N)c2c1CSc1ccccc1C2. The van der Waals surface area contributed by atoms with E-state index in [-0.39, 0.29) is 30.2 Å². The fourth-order valence-electron chi connectivity index (χ4n) is 5.09. The molecule has 4 N–H and O–H groups in total. The van der Waals surface area contributed by atoms with Gasteiger partial charge < -0.3 is 21.1 Å². The summed E-state index contributed by atoms with van der Waals surface area (Å²) in [6.07, 6.45) is 6.42. The van der Waals surface area contributed by atoms with E-state index in [0.29, 0.717) is 36.1 Å². The fourth-order valence-corrected chi connectivity index (χ4v) is 6.28. The summed E-state index contributed by atoms with van der Waals surface area (Å²) in [6, 6.07) is 9.66. The number of fused-ring (bicyclic) bond motifs is 2. The number of thioether (sulfide) groups is 1. The van der Waals surface area contributed by atoms with Crippen molar-refractivity contribution in [2.75, 3.05) is 6.54 Å². The minimum Gasteiger partial charge on any atom is -0.504 e. The monoisotopic (exact) mass is 549 g/mol. The molecule has 2 aromatic carbocycles. The Kier molecular flexibility index (Phi) is 7.91. The molecular weight excluding hydrogens is 517 g/mol. The number of carbonyl (C=O) groups is 3. The topological polar surface area (TPSA) is 113 Å². The summed E-state index contributed by atoms with van der Waals surface area (Å²) in [5, 5.41) is 13.4. The van der Waals surface area contributed by atoms with Crippen molar-refractivity contribution >= 4 is 35.4 Å². The Morgan fingerprint density at radius 1 is 1.15 bits per heavy atom. The van der Waals surface area contributed by atoms with Gasteiger partial charge in [-0.2, -0.15) is 0 Å². The second-order valence-corrected chi connectivity index (χ2v) is 11.5. The van der Waals surface area contributed by atoms with Crippen LogP contribution in [-0.2, 0) is 26.6 Å². The summed E-state index contributed by atoms with van der Waals surface area (Å²) in [7, 11) is 0. The normalized spacial score (nSPS) is 21.2. The van der Waals surface area contributed by atoms with Crippen LogP contribution in [0.5, 0.6) is 0 Å². The highest BCUT2D eigenvalue weighted by Gasteiger charge is 2.35. The maximum absolute atomic E-state index is 14.8. The Morgan fingerprint density at radius 2 is 1.92 bits per heavy atom. The number of likely N-dealkylation sites (tertiary alicyclic amines) is 1. The molecule has 2 aromatic rings. The van der Waals surface area contributed by atoms with Gasteiger partial charge in [0, 0.05) is 29.3 Å². The number of piperidine rings is 1. The van der Waals surface area contributed by atoms with Gasteiger partial charge in [0.05, 0.1) is 12.1 Å². The number of hydrogen-bond donors (Lipinski definition) is 3. The van der Waals surface area contributed by atoms with E-state index in [9.17, 15) is 23.9 Å². The van der Waals surface area contributed by atoms with Crippen LogP contribution in [0.4, 0.5) is 4.39 Å². The van der Waals surface area contributed by atoms with Crippen molar-refractivity contribution < 1.29 is 23.9 Å². The van der Waals surface area contributed by atoms with Gasteiger partial charge in [0.1, 0.15) is 5.82 Å². The third kappa shape index (κ3) is 6.09. The average Bonchev–Trinajstić information content (AvgIpc) is 3.75. The van der Waals surface area contributed by atoms with Crippen LogP contribution in [-0.4, -0.2) is 46.4 Å². The number of amides is 2. The molecule has 1 aliphatic carbocycles. The number of aliphatic hydroxyl groups is 1. The lowest BCUT2D eigenvalue weighted by atomic mass is 9.91. The van der Waals surface area contributed by atoms with Crippen LogP contribution in [0.3, 0.4) is 0 Å². The molecule has 7 nitrogen and oxygen atoms in total. The smallest absolute Gasteiger partial charge is 0.251 e. The summed E-state index contributed by atoms with van der Waals surface area (Å²) in [5.74, 6) is -2.38. The minimum absolute atomic E-state index is 0.0973. The zero-order chi connectivity index (χ0) is 27.7. The molecule has 0 bridgehead atoms. The first-order valence-corrected chi connectivity index (χ1v) is 14.2. The number of benzene rings is 2. The van der Waals surface area contributed by atoms with Crippen LogP contribution < -0.4 is 11.1 Å². The van der Waals surface area contributed by atoms with Gasteiger partial charge in [0.2, 0.25) is 11.7 Å². The molecule has 2 aliphatic heterocycles. The van der Waals surface area contributed by atoms with Gasteiger partial charge in [-0.25, -0.2) is 4.39 Å². The van der Waals surface area contributed by atoms with Gasteiger partial charge in [0.25, 0.3) is 5.91 Å². The Hall–Kier alpha value is -3.43. The molecule has 2 fully saturated rings. The van der Waals surface area contributed by atoms with Crippen LogP contribution >= 0.6 is 11.8 Å². The molecular formula is C30H32FN3O4S. The Balaban J connectivity index is 1.31. The predicted molar refractivity (Wildman–Crippen MR) is 148 cm³/mol. The summed E-state index contributed by atoms with van der Waals surface area (Å²) in [6.45, 7) is 1.88. The first-order valence-electron chi connectivity index (χ1n) is 13.2. The van der Waals surface area contributed by atoms with Crippen LogP contribution in [0.2, 0.25) is 0 Å². The Bertz CT molecular complexity index is 1380. The summed E-state index contributed by atoms with van der Waals surface area (Å²) in [5.41, 5.74) is 10.2. The van der Waals surface area contributed by atoms with E-state index in [0.717, 1.165) is 46.6 Å². The average molecular weight is 550 g/mol. The van der Waals surface area contributed by atoms with Crippen LogP contribution in [0.15, 0.2) is 53.1 Å². The molecule has 39 heavy (non-hydrogen) atoms. The van der Waals surface area contributed by atoms with Gasteiger partial charge in [-0.15, -0.1) is 11.8 Å². The lowest BCUT2D eigenvalue weighted by Crippen LogP contribution is -2.53. The molecule has 0 aromatic heterocycles. The molecule has 204 valence electrons. The van der Waals surface area contributed by atoms with Crippen molar-refractivity contribution in [2.24, 2.45) is 11.7 Å². The molecule has 0 radical (unpaired) electrons. The molecule has 1 saturated heterocycles. The van der Waals surface area contributed by atoms with Gasteiger partial charge in [-0.05, 0) is 85.1 Å². The van der Waals surface area contributed by atoms with Crippen molar-refractivity contribution in [2.45, 2.75) is 61.9 Å². The lowest BCUT2D eigenvalue weighted by Gasteiger charge is -2.36. The molecule has 1 unspecified atom stereocenters. The largest absolute Gasteiger partial charge is 0.504 e. The second kappa shape index (κ2) is 11.4. The molecule has 2 amide bonds. The van der Waals surface area contributed by atoms with Crippen molar-refractivity contribution in [3.8, 4) is 0 Å². The molecule has 1 saturated carbocycles. The lowest BCUT2D eigenvalue weighted by molar-refractivity contribution is -0.135. The quantitative estimate of drug-likeness (QED) is 0.369. The highest BCUT2D eigenvalue weighted by atomic mass is 32.2. The number of nitrogens with zero attached hydrogens (tertiary/aromatic N) is 1. The van der Waals surface area contributed by atoms with Crippen LogP contribution in [0.1, 0.15) is 53.5 Å². The van der Waals surface area contributed by atoms with Crippen molar-refractivity contribution in [1.29, 1.82) is 0 Å².